The van der Waals surface area contributed by atoms with Gasteiger partial charge in [0, 0.05) is 25.5 Å². The molecule has 1 heterocycles. The van der Waals surface area contributed by atoms with Crippen molar-refractivity contribution in [1.29, 1.82) is 0 Å². The van der Waals surface area contributed by atoms with Crippen LogP contribution in [0.15, 0.2) is 28.3 Å². The van der Waals surface area contributed by atoms with Crippen LogP contribution < -0.4 is 10.2 Å². The van der Waals surface area contributed by atoms with Crippen molar-refractivity contribution < 1.29 is 0 Å². The number of hydrogen-bond donors (Lipinski definition) is 1. The van der Waals surface area contributed by atoms with Gasteiger partial charge in [0.1, 0.15) is 0 Å². The molecule has 0 saturated carbocycles. The van der Waals surface area contributed by atoms with Crippen molar-refractivity contribution in [3.8, 4) is 0 Å². The number of nitrogens with zero attached hydrogens (tertiary/aromatic N) is 4. The summed E-state index contributed by atoms with van der Waals surface area (Å²) in [5.41, 5.74) is 2.46. The Morgan fingerprint density at radius 2 is 1.90 bits per heavy atom. The normalized spacial score (nSPS) is 10.5. The van der Waals surface area contributed by atoms with Crippen molar-refractivity contribution in [3.63, 3.8) is 0 Å². The van der Waals surface area contributed by atoms with Crippen LogP contribution in [0.25, 0.3) is 0 Å². The fraction of sp³-hybridized carbons (Fsp3) is 0.400. The molecule has 6 heteroatoms. The number of aromatic nitrogens is 3. The molecule has 1 aromatic heterocycles. The van der Waals surface area contributed by atoms with Gasteiger partial charge in [0.15, 0.2) is 5.16 Å². The maximum atomic E-state index is 4.51. The molecule has 0 radical (unpaired) electrons. The van der Waals surface area contributed by atoms with Crippen LogP contribution in [0.4, 0.5) is 11.9 Å². The van der Waals surface area contributed by atoms with Gasteiger partial charge < -0.3 is 10.2 Å². The van der Waals surface area contributed by atoms with Gasteiger partial charge in [0.25, 0.3) is 0 Å². The summed E-state index contributed by atoms with van der Waals surface area (Å²) < 4.78 is 0. The largest absolute Gasteiger partial charge is 0.354 e. The standard InChI is InChI=1S/C15H21N5S/c1-6-16-13-17-14(20(4)5)19-15(18-13)21-12-9-10(2)7-8-11(12)3/h7-9H,6H2,1-5H3,(H,16,17,18,19). The molecular formula is C15H21N5S. The third-order valence-electron chi connectivity index (χ3n) is 2.88. The summed E-state index contributed by atoms with van der Waals surface area (Å²) in [6, 6.07) is 6.39. The van der Waals surface area contributed by atoms with Crippen molar-refractivity contribution in [2.45, 2.75) is 30.8 Å². The van der Waals surface area contributed by atoms with Crippen LogP contribution in [-0.2, 0) is 0 Å². The summed E-state index contributed by atoms with van der Waals surface area (Å²) in [7, 11) is 3.86. The Morgan fingerprint density at radius 1 is 1.14 bits per heavy atom. The second-order valence-corrected chi connectivity index (χ2v) is 6.05. The Hall–Kier alpha value is -1.82. The molecule has 5 nitrogen and oxygen atoms in total. The highest BCUT2D eigenvalue weighted by molar-refractivity contribution is 7.99. The summed E-state index contributed by atoms with van der Waals surface area (Å²) in [6.45, 7) is 6.99. The number of anilines is 2. The van der Waals surface area contributed by atoms with E-state index in [9.17, 15) is 0 Å². The summed E-state index contributed by atoms with van der Waals surface area (Å²) in [5.74, 6) is 1.28. The lowest BCUT2D eigenvalue weighted by Crippen LogP contribution is -2.15. The zero-order chi connectivity index (χ0) is 15.4. The third-order valence-corrected chi connectivity index (χ3v) is 3.91. The smallest absolute Gasteiger partial charge is 0.230 e. The van der Waals surface area contributed by atoms with Gasteiger partial charge in [-0.15, -0.1) is 0 Å². The van der Waals surface area contributed by atoms with Crippen LogP contribution in [0.1, 0.15) is 18.1 Å². The van der Waals surface area contributed by atoms with E-state index in [0.717, 1.165) is 6.54 Å². The summed E-state index contributed by atoms with van der Waals surface area (Å²) in [4.78, 5) is 16.4. The molecule has 0 bridgehead atoms. The fourth-order valence-corrected chi connectivity index (χ4v) is 2.67. The molecule has 1 aromatic carbocycles. The molecule has 0 aliphatic rings. The zero-order valence-corrected chi connectivity index (χ0v) is 14.0. The first kappa shape index (κ1) is 15.6. The van der Waals surface area contributed by atoms with E-state index >= 15 is 0 Å². The minimum atomic E-state index is 0.615. The van der Waals surface area contributed by atoms with E-state index in [0.29, 0.717) is 17.1 Å². The summed E-state index contributed by atoms with van der Waals surface area (Å²) in [5, 5.41) is 3.86. The summed E-state index contributed by atoms with van der Waals surface area (Å²) in [6.07, 6.45) is 0. The molecular weight excluding hydrogens is 282 g/mol. The van der Waals surface area contributed by atoms with E-state index in [1.165, 1.54) is 16.0 Å². The second-order valence-electron chi connectivity index (χ2n) is 5.04. The first-order valence-corrected chi connectivity index (χ1v) is 7.73. The first-order chi connectivity index (χ1) is 9.99. The van der Waals surface area contributed by atoms with Gasteiger partial charge >= 0.3 is 0 Å². The number of benzene rings is 1. The minimum Gasteiger partial charge on any atom is -0.354 e. The van der Waals surface area contributed by atoms with Gasteiger partial charge in [0.05, 0.1) is 0 Å². The van der Waals surface area contributed by atoms with Crippen molar-refractivity contribution in [2.24, 2.45) is 0 Å². The average molecular weight is 303 g/mol. The predicted molar refractivity (Wildman–Crippen MR) is 88.4 cm³/mol. The highest BCUT2D eigenvalue weighted by Crippen LogP contribution is 2.29. The molecule has 0 amide bonds. The van der Waals surface area contributed by atoms with Crippen LogP contribution in [-0.4, -0.2) is 35.6 Å². The monoisotopic (exact) mass is 303 g/mol. The lowest BCUT2D eigenvalue weighted by Gasteiger charge is -2.13. The molecule has 0 aliphatic heterocycles. The molecule has 0 unspecified atom stereocenters. The van der Waals surface area contributed by atoms with Crippen molar-refractivity contribution in [3.05, 3.63) is 29.3 Å². The molecule has 2 aromatic rings. The maximum absolute atomic E-state index is 4.51. The topological polar surface area (TPSA) is 53.9 Å². The van der Waals surface area contributed by atoms with Gasteiger partial charge in [0.2, 0.25) is 11.9 Å². The van der Waals surface area contributed by atoms with E-state index in [1.54, 1.807) is 11.8 Å². The number of hydrogen-bond acceptors (Lipinski definition) is 6. The molecule has 0 spiro atoms. The quantitative estimate of drug-likeness (QED) is 0.916. The highest BCUT2D eigenvalue weighted by Gasteiger charge is 2.10. The van der Waals surface area contributed by atoms with Crippen molar-refractivity contribution in [1.82, 2.24) is 15.0 Å². The Bertz CT molecular complexity index is 627. The molecule has 0 saturated heterocycles. The third kappa shape index (κ3) is 4.07. The lowest BCUT2D eigenvalue weighted by atomic mass is 10.2. The van der Waals surface area contributed by atoms with E-state index in [2.05, 4.69) is 52.3 Å². The van der Waals surface area contributed by atoms with E-state index in [-0.39, 0.29) is 0 Å². The Morgan fingerprint density at radius 3 is 2.57 bits per heavy atom. The average Bonchev–Trinajstić information content (AvgIpc) is 2.43. The second kappa shape index (κ2) is 6.76. The van der Waals surface area contributed by atoms with Gasteiger partial charge in [-0.1, -0.05) is 12.1 Å². The molecule has 2 rings (SSSR count). The van der Waals surface area contributed by atoms with Crippen LogP contribution >= 0.6 is 11.8 Å². The molecule has 0 aliphatic carbocycles. The van der Waals surface area contributed by atoms with E-state index in [1.807, 2.05) is 25.9 Å². The predicted octanol–water partition coefficient (Wildman–Crippen LogP) is 3.14. The Labute approximate surface area is 130 Å². The van der Waals surface area contributed by atoms with Gasteiger partial charge in [-0.05, 0) is 49.7 Å². The zero-order valence-electron chi connectivity index (χ0n) is 13.1. The van der Waals surface area contributed by atoms with E-state index < -0.39 is 0 Å². The van der Waals surface area contributed by atoms with Crippen molar-refractivity contribution in [2.75, 3.05) is 30.9 Å². The van der Waals surface area contributed by atoms with Crippen LogP contribution in [0, 0.1) is 13.8 Å². The van der Waals surface area contributed by atoms with E-state index in [4.69, 9.17) is 0 Å². The summed E-state index contributed by atoms with van der Waals surface area (Å²) >= 11 is 1.57. The number of rotatable bonds is 5. The number of nitrogens with one attached hydrogen (secondary N) is 1. The Balaban J connectivity index is 2.36. The molecule has 21 heavy (non-hydrogen) atoms. The van der Waals surface area contributed by atoms with Gasteiger partial charge in [-0.2, -0.15) is 15.0 Å². The van der Waals surface area contributed by atoms with Gasteiger partial charge in [-0.25, -0.2) is 0 Å². The van der Waals surface area contributed by atoms with Crippen LogP contribution in [0.5, 0.6) is 0 Å². The first-order valence-electron chi connectivity index (χ1n) is 6.92. The van der Waals surface area contributed by atoms with Crippen molar-refractivity contribution >= 4 is 23.7 Å². The van der Waals surface area contributed by atoms with Crippen LogP contribution in [0.3, 0.4) is 0 Å². The fourth-order valence-electron chi connectivity index (χ4n) is 1.74. The SMILES string of the molecule is CCNc1nc(Sc2cc(C)ccc2C)nc(N(C)C)n1. The van der Waals surface area contributed by atoms with Crippen LogP contribution in [0.2, 0.25) is 0 Å². The maximum Gasteiger partial charge on any atom is 0.230 e. The van der Waals surface area contributed by atoms with Gasteiger partial charge in [-0.3, -0.25) is 0 Å². The molecule has 0 atom stereocenters. The number of aryl methyl sites for hydroxylation is 2. The molecule has 0 fully saturated rings. The minimum absolute atomic E-state index is 0.615. The highest BCUT2D eigenvalue weighted by atomic mass is 32.2. The Kier molecular flexibility index (Phi) is 5.01. The lowest BCUT2D eigenvalue weighted by molar-refractivity contribution is 0.863. The molecule has 112 valence electrons. The molecule has 1 N–H and O–H groups in total.